The van der Waals surface area contributed by atoms with Crippen LogP contribution in [-0.4, -0.2) is 43.5 Å². The molecule has 0 aromatic heterocycles. The molecule has 5 nitrogen and oxygen atoms in total. The number of carbonyl (C=O) groups excluding carboxylic acids is 2. The van der Waals surface area contributed by atoms with Gasteiger partial charge in [0.05, 0.1) is 19.6 Å². The van der Waals surface area contributed by atoms with Crippen LogP contribution in [0.1, 0.15) is 44.6 Å². The van der Waals surface area contributed by atoms with E-state index >= 15 is 0 Å². The maximum absolute atomic E-state index is 12.4. The van der Waals surface area contributed by atoms with Gasteiger partial charge in [0.2, 0.25) is 5.91 Å². The van der Waals surface area contributed by atoms with Gasteiger partial charge in [-0.05, 0) is 24.3 Å². The highest BCUT2D eigenvalue weighted by Gasteiger charge is 2.20. The van der Waals surface area contributed by atoms with E-state index < -0.39 is 0 Å². The Kier molecular flexibility index (Phi) is 8.62. The van der Waals surface area contributed by atoms with Crippen LogP contribution >= 0.6 is 0 Å². The molecule has 1 aromatic carbocycles. The third-order valence-electron chi connectivity index (χ3n) is 5.06. The van der Waals surface area contributed by atoms with Gasteiger partial charge in [0.1, 0.15) is 0 Å². The average molecular weight is 360 g/mol. The van der Waals surface area contributed by atoms with Crippen LogP contribution in [0.25, 0.3) is 0 Å². The molecule has 1 amide bonds. The lowest BCUT2D eigenvalue weighted by atomic mass is 9.89. The van der Waals surface area contributed by atoms with Crippen LogP contribution < -0.4 is 5.32 Å². The van der Waals surface area contributed by atoms with E-state index in [9.17, 15) is 9.59 Å². The number of methoxy groups -OCH3 is 1. The highest BCUT2D eigenvalue weighted by Crippen LogP contribution is 2.22. The van der Waals surface area contributed by atoms with E-state index in [4.69, 9.17) is 4.74 Å². The summed E-state index contributed by atoms with van der Waals surface area (Å²) in [7, 11) is 1.40. The lowest BCUT2D eigenvalue weighted by Crippen LogP contribution is -2.41. The number of nitrogens with one attached hydrogen (secondary N) is 1. The molecular weight excluding hydrogens is 328 g/mol. The maximum Gasteiger partial charge on any atom is 0.309 e. The van der Waals surface area contributed by atoms with E-state index in [1.54, 1.807) is 0 Å². The first kappa shape index (κ1) is 20.4. The Morgan fingerprint density at radius 2 is 1.88 bits per heavy atom. The van der Waals surface area contributed by atoms with Crippen molar-refractivity contribution in [2.24, 2.45) is 11.8 Å². The summed E-state index contributed by atoms with van der Waals surface area (Å²) in [5, 5.41) is 3.09. The molecule has 2 rings (SSSR count). The number of ether oxygens (including phenoxy) is 1. The molecule has 1 N–H and O–H groups in total. The third-order valence-corrected chi connectivity index (χ3v) is 5.06. The van der Waals surface area contributed by atoms with Crippen LogP contribution in [0.2, 0.25) is 0 Å². The number of amides is 1. The largest absolute Gasteiger partial charge is 0.469 e. The Hall–Kier alpha value is -1.88. The van der Waals surface area contributed by atoms with Crippen molar-refractivity contribution < 1.29 is 14.3 Å². The van der Waals surface area contributed by atoms with E-state index in [1.807, 2.05) is 42.2 Å². The molecule has 0 saturated heterocycles. The van der Waals surface area contributed by atoms with Gasteiger partial charge in [-0.15, -0.1) is 0 Å². The summed E-state index contributed by atoms with van der Waals surface area (Å²) in [6, 6.07) is 10.0. The molecule has 0 radical (unpaired) electrons. The van der Waals surface area contributed by atoms with E-state index in [1.165, 1.54) is 39.2 Å². The van der Waals surface area contributed by atoms with Crippen LogP contribution in [0, 0.1) is 11.8 Å². The fourth-order valence-corrected chi connectivity index (χ4v) is 3.60. The van der Waals surface area contributed by atoms with Crippen LogP contribution in [-0.2, 0) is 20.9 Å². The van der Waals surface area contributed by atoms with Gasteiger partial charge in [0.15, 0.2) is 0 Å². The molecule has 1 aliphatic carbocycles. The molecule has 26 heavy (non-hydrogen) atoms. The molecule has 1 atom stereocenters. The molecule has 0 spiro atoms. The molecule has 5 heteroatoms. The predicted octanol–water partition coefficient (Wildman–Crippen LogP) is 2.99. The zero-order chi connectivity index (χ0) is 18.8. The Labute approximate surface area is 157 Å². The van der Waals surface area contributed by atoms with E-state index in [-0.39, 0.29) is 17.8 Å². The third kappa shape index (κ3) is 7.16. The summed E-state index contributed by atoms with van der Waals surface area (Å²) in [5.41, 5.74) is 1.13. The quantitative estimate of drug-likeness (QED) is 0.688. The minimum Gasteiger partial charge on any atom is -0.469 e. The fraction of sp³-hybridized carbons (Fsp3) is 0.619. The first-order valence-electron chi connectivity index (χ1n) is 9.69. The van der Waals surface area contributed by atoms with Gasteiger partial charge in [-0.3, -0.25) is 14.5 Å². The summed E-state index contributed by atoms with van der Waals surface area (Å²) in [6.45, 7) is 4.04. The second-order valence-electron chi connectivity index (χ2n) is 7.39. The summed E-state index contributed by atoms with van der Waals surface area (Å²) < 4.78 is 4.83. The van der Waals surface area contributed by atoms with Crippen molar-refractivity contribution in [3.63, 3.8) is 0 Å². The number of nitrogens with zero attached hydrogens (tertiary/aromatic N) is 1. The van der Waals surface area contributed by atoms with Gasteiger partial charge in [-0.25, -0.2) is 0 Å². The average Bonchev–Trinajstić information content (AvgIpc) is 2.67. The van der Waals surface area contributed by atoms with Crippen molar-refractivity contribution in [3.05, 3.63) is 35.9 Å². The highest BCUT2D eigenvalue weighted by molar-refractivity contribution is 5.78. The van der Waals surface area contributed by atoms with E-state index in [0.29, 0.717) is 25.6 Å². The zero-order valence-corrected chi connectivity index (χ0v) is 16.1. The van der Waals surface area contributed by atoms with Crippen LogP contribution in [0.4, 0.5) is 0 Å². The lowest BCUT2D eigenvalue weighted by molar-refractivity contribution is -0.145. The molecule has 0 aliphatic heterocycles. The lowest BCUT2D eigenvalue weighted by Gasteiger charge is -2.26. The predicted molar refractivity (Wildman–Crippen MR) is 102 cm³/mol. The summed E-state index contributed by atoms with van der Waals surface area (Å²) in [6.07, 6.45) is 6.30. The molecule has 144 valence electrons. The van der Waals surface area contributed by atoms with Crippen molar-refractivity contribution in [1.29, 1.82) is 0 Å². The van der Waals surface area contributed by atoms with Gasteiger partial charge in [-0.2, -0.15) is 0 Å². The van der Waals surface area contributed by atoms with Crippen LogP contribution in [0.5, 0.6) is 0 Å². The molecule has 1 saturated carbocycles. The molecule has 1 aromatic rings. The molecular formula is C21H32N2O3. The van der Waals surface area contributed by atoms with Crippen molar-refractivity contribution in [2.75, 3.05) is 26.7 Å². The van der Waals surface area contributed by atoms with Crippen LogP contribution in [0.3, 0.4) is 0 Å². The number of rotatable bonds is 9. The topological polar surface area (TPSA) is 58.6 Å². The van der Waals surface area contributed by atoms with Crippen molar-refractivity contribution in [3.8, 4) is 0 Å². The number of benzene rings is 1. The minimum absolute atomic E-state index is 0.0311. The molecule has 0 bridgehead atoms. The normalized spacial score (nSPS) is 16.3. The summed E-state index contributed by atoms with van der Waals surface area (Å²) >= 11 is 0. The SMILES string of the molecule is COC(=O)C(C)CN(CC(=O)NCC1CCCCC1)Cc1ccccc1. The maximum atomic E-state index is 12.4. The first-order valence-corrected chi connectivity index (χ1v) is 9.69. The van der Waals surface area contributed by atoms with E-state index in [0.717, 1.165) is 12.1 Å². The van der Waals surface area contributed by atoms with Crippen molar-refractivity contribution in [1.82, 2.24) is 10.2 Å². The highest BCUT2D eigenvalue weighted by atomic mass is 16.5. The van der Waals surface area contributed by atoms with Crippen molar-refractivity contribution >= 4 is 11.9 Å². The van der Waals surface area contributed by atoms with Gasteiger partial charge >= 0.3 is 5.97 Å². The Bertz CT molecular complexity index is 556. The summed E-state index contributed by atoms with van der Waals surface area (Å²) in [5.74, 6) is 0.133. The Balaban J connectivity index is 1.88. The van der Waals surface area contributed by atoms with Gasteiger partial charge in [-0.1, -0.05) is 56.5 Å². The fourth-order valence-electron chi connectivity index (χ4n) is 3.60. The van der Waals surface area contributed by atoms with Crippen molar-refractivity contribution in [2.45, 2.75) is 45.6 Å². The van der Waals surface area contributed by atoms with Gasteiger partial charge in [0.25, 0.3) is 0 Å². The molecule has 1 aliphatic rings. The monoisotopic (exact) mass is 360 g/mol. The summed E-state index contributed by atoms with van der Waals surface area (Å²) in [4.78, 5) is 26.2. The second-order valence-corrected chi connectivity index (χ2v) is 7.39. The van der Waals surface area contributed by atoms with Crippen LogP contribution in [0.15, 0.2) is 30.3 Å². The Morgan fingerprint density at radius 1 is 1.19 bits per heavy atom. The number of esters is 1. The smallest absolute Gasteiger partial charge is 0.309 e. The van der Waals surface area contributed by atoms with E-state index in [2.05, 4.69) is 5.32 Å². The zero-order valence-electron chi connectivity index (χ0n) is 16.1. The molecule has 1 unspecified atom stereocenters. The molecule has 0 heterocycles. The standard InChI is InChI=1S/C21H32N2O3/c1-17(21(25)26-2)14-23(15-19-11-7-4-8-12-19)16-20(24)22-13-18-9-5-3-6-10-18/h4,7-8,11-12,17-18H,3,5-6,9-10,13-16H2,1-2H3,(H,22,24). The molecule has 1 fully saturated rings. The van der Waals surface area contributed by atoms with Gasteiger partial charge in [0, 0.05) is 19.6 Å². The second kappa shape index (κ2) is 11.0. The minimum atomic E-state index is -0.269. The number of hydrogen-bond acceptors (Lipinski definition) is 4. The first-order chi connectivity index (χ1) is 12.6. The number of carbonyl (C=O) groups is 2. The Morgan fingerprint density at radius 3 is 2.54 bits per heavy atom. The van der Waals surface area contributed by atoms with Gasteiger partial charge < -0.3 is 10.1 Å². The number of hydrogen-bond donors (Lipinski definition) is 1.